The average Bonchev–Trinajstić information content (AvgIpc) is 3.20. The molecular weight excluding hydrogens is 382 g/mol. The first-order valence-corrected chi connectivity index (χ1v) is 10.9. The van der Waals surface area contributed by atoms with Crippen LogP contribution in [0.3, 0.4) is 0 Å². The summed E-state index contributed by atoms with van der Waals surface area (Å²) >= 11 is 0. The number of piperidine rings is 1. The minimum absolute atomic E-state index is 0.0612. The fraction of sp³-hybridized carbons (Fsp3) is 0.591. The number of phenols is 1. The number of likely N-dealkylation sites (tertiary alicyclic amines) is 1. The zero-order valence-electron chi connectivity index (χ0n) is 18.3. The Morgan fingerprint density at radius 3 is 2.83 bits per heavy atom. The van der Waals surface area contributed by atoms with Crippen molar-refractivity contribution in [3.63, 3.8) is 0 Å². The summed E-state index contributed by atoms with van der Waals surface area (Å²) in [6.45, 7) is 11.3. The first kappa shape index (κ1) is 22.1. The summed E-state index contributed by atoms with van der Waals surface area (Å²) in [5, 5.41) is 18.2. The second-order valence-corrected chi connectivity index (χ2v) is 7.78. The monoisotopic (exact) mass is 415 g/mol. The predicted molar refractivity (Wildman–Crippen MR) is 115 cm³/mol. The summed E-state index contributed by atoms with van der Waals surface area (Å²) < 4.78 is 7.31. The van der Waals surface area contributed by atoms with Crippen molar-refractivity contribution in [1.29, 1.82) is 0 Å². The van der Waals surface area contributed by atoms with Gasteiger partial charge in [-0.05, 0) is 63.8 Å². The summed E-state index contributed by atoms with van der Waals surface area (Å²) in [7, 11) is 0. The molecule has 0 spiro atoms. The molecule has 3 rings (SSSR count). The number of hydrogen-bond donors (Lipinski definition) is 1. The largest absolute Gasteiger partial charge is 0.504 e. The van der Waals surface area contributed by atoms with Gasteiger partial charge in [-0.25, -0.2) is 0 Å². The third-order valence-electron chi connectivity index (χ3n) is 5.59. The number of carbonyl (C=O) groups excluding carboxylic acids is 1. The van der Waals surface area contributed by atoms with Gasteiger partial charge >= 0.3 is 0 Å². The Balaban J connectivity index is 1.58. The van der Waals surface area contributed by atoms with Gasteiger partial charge in [0.1, 0.15) is 0 Å². The Morgan fingerprint density at radius 1 is 1.30 bits per heavy atom. The van der Waals surface area contributed by atoms with Gasteiger partial charge in [-0.1, -0.05) is 11.3 Å². The molecule has 0 radical (unpaired) electrons. The Labute approximate surface area is 178 Å². The quantitative estimate of drug-likeness (QED) is 0.678. The lowest BCUT2D eigenvalue weighted by atomic mass is 9.97. The average molecular weight is 416 g/mol. The van der Waals surface area contributed by atoms with Crippen molar-refractivity contribution >= 4 is 5.91 Å². The van der Waals surface area contributed by atoms with Crippen molar-refractivity contribution in [2.45, 2.75) is 46.7 Å². The lowest BCUT2D eigenvalue weighted by Crippen LogP contribution is -2.36. The molecular formula is C22H33N5O3. The predicted octanol–water partition coefficient (Wildman–Crippen LogP) is 2.78. The van der Waals surface area contributed by atoms with Crippen LogP contribution in [0.4, 0.5) is 0 Å². The highest BCUT2D eigenvalue weighted by molar-refractivity contribution is 5.91. The fourth-order valence-electron chi connectivity index (χ4n) is 4.05. The van der Waals surface area contributed by atoms with Gasteiger partial charge in [-0.2, -0.15) is 0 Å². The number of phenolic OH excluding ortho intramolecular Hbond substituents is 1. The van der Waals surface area contributed by atoms with Gasteiger partial charge in [-0.15, -0.1) is 5.10 Å². The molecule has 2 heterocycles. The van der Waals surface area contributed by atoms with E-state index in [9.17, 15) is 9.90 Å². The minimum Gasteiger partial charge on any atom is -0.504 e. The molecule has 1 aromatic carbocycles. The number of aromatic hydroxyl groups is 1. The molecule has 1 fully saturated rings. The first-order chi connectivity index (χ1) is 14.5. The molecule has 8 heteroatoms. The highest BCUT2D eigenvalue weighted by Crippen LogP contribution is 2.28. The Hall–Kier alpha value is -2.61. The van der Waals surface area contributed by atoms with Crippen LogP contribution in [0.25, 0.3) is 0 Å². The van der Waals surface area contributed by atoms with Gasteiger partial charge in [0.2, 0.25) is 0 Å². The molecule has 0 saturated carbocycles. The van der Waals surface area contributed by atoms with Crippen LogP contribution < -0.4 is 4.74 Å². The summed E-state index contributed by atoms with van der Waals surface area (Å²) in [5.41, 5.74) is 1.55. The Bertz CT molecular complexity index is 834. The van der Waals surface area contributed by atoms with Gasteiger partial charge in [0.15, 0.2) is 17.2 Å². The summed E-state index contributed by atoms with van der Waals surface area (Å²) in [6.07, 6.45) is 4.03. The fourth-order valence-corrected chi connectivity index (χ4v) is 4.05. The lowest BCUT2D eigenvalue weighted by molar-refractivity contribution is 0.0767. The smallest absolute Gasteiger partial charge is 0.276 e. The minimum atomic E-state index is -0.0612. The third-order valence-corrected chi connectivity index (χ3v) is 5.59. The molecule has 1 atom stereocenters. The topological polar surface area (TPSA) is 83.7 Å². The maximum Gasteiger partial charge on any atom is 0.276 e. The van der Waals surface area contributed by atoms with E-state index in [1.807, 2.05) is 32.9 Å². The molecule has 0 unspecified atom stereocenters. The van der Waals surface area contributed by atoms with Gasteiger partial charge < -0.3 is 14.7 Å². The van der Waals surface area contributed by atoms with Crippen LogP contribution in [0, 0.1) is 5.92 Å². The van der Waals surface area contributed by atoms with Crippen LogP contribution in [0.2, 0.25) is 0 Å². The molecule has 1 aromatic heterocycles. The number of ether oxygens (including phenoxy) is 1. The number of aromatic nitrogens is 3. The van der Waals surface area contributed by atoms with E-state index in [1.54, 1.807) is 21.8 Å². The Kier molecular flexibility index (Phi) is 7.68. The van der Waals surface area contributed by atoms with Crippen molar-refractivity contribution in [1.82, 2.24) is 24.8 Å². The number of rotatable bonds is 9. The van der Waals surface area contributed by atoms with Gasteiger partial charge in [0.05, 0.1) is 12.8 Å². The van der Waals surface area contributed by atoms with Crippen molar-refractivity contribution in [3.05, 3.63) is 35.7 Å². The van der Waals surface area contributed by atoms with Crippen LogP contribution in [0.5, 0.6) is 11.5 Å². The van der Waals surface area contributed by atoms with Crippen LogP contribution in [-0.4, -0.2) is 68.6 Å². The van der Waals surface area contributed by atoms with E-state index in [0.717, 1.165) is 44.6 Å². The SMILES string of the molecule is CCOc1cc(CN2CCC[C@@H](Cn3cc(C(=O)N(CC)CC)nn3)C2)ccc1O. The number of benzene rings is 1. The van der Waals surface area contributed by atoms with Crippen LogP contribution in [0.1, 0.15) is 49.7 Å². The van der Waals surface area contributed by atoms with E-state index >= 15 is 0 Å². The van der Waals surface area contributed by atoms with Gasteiger partial charge in [0.25, 0.3) is 5.91 Å². The zero-order chi connectivity index (χ0) is 21.5. The maximum atomic E-state index is 12.4. The second kappa shape index (κ2) is 10.4. The molecule has 1 amide bonds. The highest BCUT2D eigenvalue weighted by atomic mass is 16.5. The molecule has 2 aromatic rings. The Morgan fingerprint density at radius 2 is 2.10 bits per heavy atom. The number of hydrogen-bond acceptors (Lipinski definition) is 6. The molecule has 1 aliphatic rings. The van der Waals surface area contributed by atoms with Crippen LogP contribution in [0.15, 0.2) is 24.4 Å². The van der Waals surface area contributed by atoms with E-state index in [4.69, 9.17) is 4.74 Å². The van der Waals surface area contributed by atoms with Gasteiger partial charge in [-0.3, -0.25) is 14.4 Å². The second-order valence-electron chi connectivity index (χ2n) is 7.78. The molecule has 30 heavy (non-hydrogen) atoms. The third kappa shape index (κ3) is 5.50. The first-order valence-electron chi connectivity index (χ1n) is 10.9. The van der Waals surface area contributed by atoms with E-state index in [1.165, 1.54) is 0 Å². The lowest BCUT2D eigenvalue weighted by Gasteiger charge is -2.32. The molecule has 164 valence electrons. The van der Waals surface area contributed by atoms with Crippen LogP contribution >= 0.6 is 0 Å². The number of amides is 1. The molecule has 8 nitrogen and oxygen atoms in total. The number of nitrogens with zero attached hydrogens (tertiary/aromatic N) is 5. The molecule has 1 saturated heterocycles. The maximum absolute atomic E-state index is 12.4. The van der Waals surface area contributed by atoms with Gasteiger partial charge in [0, 0.05) is 32.7 Å². The molecule has 0 aliphatic carbocycles. The van der Waals surface area contributed by atoms with E-state index < -0.39 is 0 Å². The van der Waals surface area contributed by atoms with E-state index in [0.29, 0.717) is 37.1 Å². The van der Waals surface area contributed by atoms with Crippen molar-refractivity contribution in [2.75, 3.05) is 32.8 Å². The molecule has 1 N–H and O–H groups in total. The molecule has 0 bridgehead atoms. The summed E-state index contributed by atoms with van der Waals surface area (Å²) in [6, 6.07) is 5.57. The zero-order valence-corrected chi connectivity index (χ0v) is 18.3. The summed E-state index contributed by atoms with van der Waals surface area (Å²) in [5.74, 6) is 1.12. The van der Waals surface area contributed by atoms with Crippen molar-refractivity contribution in [3.8, 4) is 11.5 Å². The summed E-state index contributed by atoms with van der Waals surface area (Å²) in [4.78, 5) is 16.6. The van der Waals surface area contributed by atoms with Crippen LogP contribution in [-0.2, 0) is 13.1 Å². The van der Waals surface area contributed by atoms with Crippen molar-refractivity contribution < 1.29 is 14.6 Å². The standard InChI is InChI=1S/C22H33N5O3/c1-4-26(5-2)22(29)19-16-27(24-23-19)15-18-8-7-11-25(14-18)13-17-9-10-20(28)21(12-17)30-6-3/h9-10,12,16,18,28H,4-8,11,13-15H2,1-3H3/t18-/m1/s1. The number of carbonyl (C=O) groups is 1. The van der Waals surface area contributed by atoms with E-state index in [2.05, 4.69) is 15.2 Å². The highest BCUT2D eigenvalue weighted by Gasteiger charge is 2.22. The van der Waals surface area contributed by atoms with Crippen molar-refractivity contribution in [2.24, 2.45) is 5.92 Å². The van der Waals surface area contributed by atoms with E-state index in [-0.39, 0.29) is 11.7 Å². The molecule has 1 aliphatic heterocycles. The normalized spacial score (nSPS) is 17.1.